The van der Waals surface area contributed by atoms with Crippen molar-refractivity contribution in [1.82, 2.24) is 0 Å². The Hall–Kier alpha value is -4.30. The summed E-state index contributed by atoms with van der Waals surface area (Å²) in [5.41, 5.74) is 4.50. The van der Waals surface area contributed by atoms with Crippen LogP contribution in [0.4, 0.5) is 0 Å². The molecule has 0 amide bonds. The van der Waals surface area contributed by atoms with Gasteiger partial charge in [0.15, 0.2) is 0 Å². The molecule has 40 heavy (non-hydrogen) atoms. The fraction of sp³-hybridized carbons (Fsp3) is 0.111. The van der Waals surface area contributed by atoms with Gasteiger partial charge in [0.25, 0.3) is 0 Å². The van der Waals surface area contributed by atoms with Crippen LogP contribution in [0, 0.1) is 0 Å². The van der Waals surface area contributed by atoms with E-state index in [2.05, 4.69) is 138 Å². The molecule has 0 bridgehead atoms. The Labute approximate surface area is 233 Å². The van der Waals surface area contributed by atoms with Gasteiger partial charge in [-0.25, -0.2) is 4.67 Å². The van der Waals surface area contributed by atoms with Crippen molar-refractivity contribution < 1.29 is 8.39 Å². The van der Waals surface area contributed by atoms with Crippen LogP contribution in [0.25, 0.3) is 43.5 Å². The van der Waals surface area contributed by atoms with Crippen molar-refractivity contribution in [3.63, 3.8) is 0 Å². The van der Waals surface area contributed by atoms with Gasteiger partial charge in [0, 0.05) is 35.7 Å². The highest BCUT2D eigenvalue weighted by Crippen LogP contribution is 2.48. The highest BCUT2D eigenvalue weighted by molar-refractivity contribution is 7.39. The molecular formula is C36H28NO2P. The number of rotatable bonds is 3. The van der Waals surface area contributed by atoms with E-state index in [4.69, 9.17) is 8.39 Å². The quantitative estimate of drug-likeness (QED) is 0.225. The van der Waals surface area contributed by atoms with Gasteiger partial charge in [-0.05, 0) is 44.8 Å². The molecule has 7 aromatic rings. The summed E-state index contributed by atoms with van der Waals surface area (Å²) in [7, 11) is -1.38. The van der Waals surface area contributed by atoms with E-state index in [1.165, 1.54) is 32.7 Å². The summed E-state index contributed by atoms with van der Waals surface area (Å²) in [6, 6.07) is 47.6. The molecule has 4 heteroatoms. The Bertz CT molecular complexity index is 1890. The van der Waals surface area contributed by atoms with E-state index in [0.717, 1.165) is 35.0 Å². The molecule has 2 heterocycles. The van der Waals surface area contributed by atoms with E-state index in [0.29, 0.717) is 11.8 Å². The summed E-state index contributed by atoms with van der Waals surface area (Å²) in [4.78, 5) is 0. The summed E-state index contributed by atoms with van der Waals surface area (Å²) in [6.45, 7) is 1.75. The Balaban J connectivity index is 1.38. The molecule has 1 aliphatic heterocycles. The molecule has 0 spiro atoms. The molecule has 1 aromatic heterocycles. The first-order chi connectivity index (χ1) is 19.8. The molecule has 1 saturated heterocycles. The number of hydrogen-bond acceptors (Lipinski definition) is 3. The average molecular weight is 538 g/mol. The van der Waals surface area contributed by atoms with Gasteiger partial charge in [0.2, 0.25) is 0 Å². The monoisotopic (exact) mass is 537 g/mol. The van der Waals surface area contributed by atoms with E-state index >= 15 is 0 Å². The van der Waals surface area contributed by atoms with E-state index in [1.807, 2.05) is 0 Å². The van der Waals surface area contributed by atoms with Crippen LogP contribution >= 0.6 is 8.16 Å². The number of fused-ring (bicyclic) bond motifs is 7. The smallest absolute Gasteiger partial charge is 0.309 e. The predicted octanol–water partition coefficient (Wildman–Crippen LogP) is 10.1. The normalized spacial score (nSPS) is 17.7. The summed E-state index contributed by atoms with van der Waals surface area (Å²) in [6.07, 6.45) is 0. The Morgan fingerprint density at radius 1 is 0.475 bits per heavy atom. The molecule has 6 aromatic carbocycles. The minimum atomic E-state index is -1.38. The van der Waals surface area contributed by atoms with E-state index in [9.17, 15) is 0 Å². The van der Waals surface area contributed by atoms with E-state index in [1.54, 1.807) is 0 Å². The Morgan fingerprint density at radius 2 is 0.900 bits per heavy atom. The van der Waals surface area contributed by atoms with Crippen molar-refractivity contribution in [2.45, 2.75) is 11.8 Å². The fourth-order valence-corrected chi connectivity index (χ4v) is 7.99. The second-order valence-corrected chi connectivity index (χ2v) is 12.1. The standard InChI is InChI=1S/C36H28NO2P/c1-3-11-25(12-4-1)31-23-37(24-32(31)26-13-5-2-6-14-26)40-38-33-21-19-27-15-7-9-17-29(27)35(33)36-30-18-10-8-16-28(30)20-22-34(36)39-40/h1-22,31-32H,23-24H2. The molecule has 8 rings (SSSR count). The lowest BCUT2D eigenvalue weighted by molar-refractivity contribution is 0.628. The topological polar surface area (TPSA) is 29.5 Å². The van der Waals surface area contributed by atoms with Gasteiger partial charge in [0.05, 0.1) is 0 Å². The van der Waals surface area contributed by atoms with Crippen LogP contribution in [-0.2, 0) is 0 Å². The third kappa shape index (κ3) is 3.93. The first-order valence-electron chi connectivity index (χ1n) is 13.9. The average Bonchev–Trinajstić information content (AvgIpc) is 3.39. The molecule has 1 aliphatic rings. The van der Waals surface area contributed by atoms with Gasteiger partial charge in [-0.1, -0.05) is 121 Å². The third-order valence-electron chi connectivity index (χ3n) is 8.37. The minimum absolute atomic E-state index is 0.355. The Morgan fingerprint density at radius 3 is 1.38 bits per heavy atom. The molecular weight excluding hydrogens is 509 g/mol. The van der Waals surface area contributed by atoms with E-state index in [-0.39, 0.29) is 0 Å². The van der Waals surface area contributed by atoms with E-state index < -0.39 is 8.16 Å². The highest BCUT2D eigenvalue weighted by Gasteiger charge is 2.37. The van der Waals surface area contributed by atoms with Crippen molar-refractivity contribution in [2.75, 3.05) is 17.8 Å². The highest BCUT2D eigenvalue weighted by atomic mass is 31.1. The number of nitrogens with zero attached hydrogens (tertiary/aromatic N) is 1. The molecule has 0 aliphatic carbocycles. The molecule has 1 fully saturated rings. The first kappa shape index (κ1) is 23.6. The van der Waals surface area contributed by atoms with Gasteiger partial charge < -0.3 is 8.39 Å². The van der Waals surface area contributed by atoms with Gasteiger partial charge in [-0.2, -0.15) is 0 Å². The second-order valence-electron chi connectivity index (χ2n) is 10.6. The molecule has 2 unspecified atom stereocenters. The molecule has 3 nitrogen and oxygen atoms in total. The van der Waals surface area contributed by atoms with Crippen LogP contribution in [0.1, 0.15) is 23.0 Å². The maximum Gasteiger partial charge on any atom is 0.309 e. The van der Waals surface area contributed by atoms with Gasteiger partial charge in [0.1, 0.15) is 11.2 Å². The SMILES string of the molecule is c1ccc(C2CN(p3oc4ccc5ccccc5c4c4c(ccc5ccccc54)o3)CC2c2ccccc2)cc1. The molecule has 0 saturated carbocycles. The van der Waals surface area contributed by atoms with Gasteiger partial charge >= 0.3 is 8.16 Å². The van der Waals surface area contributed by atoms with Crippen LogP contribution < -0.4 is 4.67 Å². The molecule has 0 radical (unpaired) electrons. The third-order valence-corrected chi connectivity index (χ3v) is 9.87. The fourth-order valence-electron chi connectivity index (χ4n) is 6.47. The van der Waals surface area contributed by atoms with Crippen LogP contribution in [-0.4, -0.2) is 13.1 Å². The van der Waals surface area contributed by atoms with Gasteiger partial charge in [-0.3, -0.25) is 0 Å². The number of hydrogen-bond donors (Lipinski definition) is 0. The summed E-state index contributed by atoms with van der Waals surface area (Å²) >= 11 is 0. The minimum Gasteiger partial charge on any atom is -0.408 e. The lowest BCUT2D eigenvalue weighted by atomic mass is 9.84. The first-order valence-corrected chi connectivity index (χ1v) is 15.0. The van der Waals surface area contributed by atoms with Crippen LogP contribution in [0.3, 0.4) is 0 Å². The zero-order valence-corrected chi connectivity index (χ0v) is 22.9. The predicted molar refractivity (Wildman–Crippen MR) is 168 cm³/mol. The second kappa shape index (κ2) is 9.71. The van der Waals surface area contributed by atoms with Crippen LogP contribution in [0.15, 0.2) is 142 Å². The van der Waals surface area contributed by atoms with Crippen molar-refractivity contribution in [3.8, 4) is 0 Å². The zero-order chi connectivity index (χ0) is 26.5. The van der Waals surface area contributed by atoms with Crippen LogP contribution in [0.2, 0.25) is 0 Å². The largest absolute Gasteiger partial charge is 0.408 e. The number of benzene rings is 6. The lowest BCUT2D eigenvalue weighted by Gasteiger charge is -2.19. The molecule has 0 N–H and O–H groups in total. The zero-order valence-electron chi connectivity index (χ0n) is 22.0. The maximum absolute atomic E-state index is 6.92. The molecule has 194 valence electrons. The van der Waals surface area contributed by atoms with Crippen LogP contribution in [0.5, 0.6) is 0 Å². The maximum atomic E-state index is 6.92. The Kier molecular flexibility index (Phi) is 5.72. The van der Waals surface area contributed by atoms with Crippen molar-refractivity contribution in [3.05, 3.63) is 145 Å². The summed E-state index contributed by atoms with van der Waals surface area (Å²) in [5.74, 6) is 0.711. The lowest BCUT2D eigenvalue weighted by Crippen LogP contribution is -2.15. The molecule has 2 atom stereocenters. The summed E-state index contributed by atoms with van der Waals surface area (Å²) in [5, 5.41) is 7.00. The van der Waals surface area contributed by atoms with Gasteiger partial charge in [-0.15, -0.1) is 0 Å². The van der Waals surface area contributed by atoms with Crippen molar-refractivity contribution >= 4 is 51.6 Å². The van der Waals surface area contributed by atoms with Crippen molar-refractivity contribution in [1.29, 1.82) is 0 Å². The summed E-state index contributed by atoms with van der Waals surface area (Å²) < 4.78 is 16.3. The van der Waals surface area contributed by atoms with Crippen molar-refractivity contribution in [2.24, 2.45) is 0 Å².